The summed E-state index contributed by atoms with van der Waals surface area (Å²) in [6, 6.07) is 1.84. The first-order valence-electron chi connectivity index (χ1n) is 8.35. The molecular formula is C18H14BrF2N3OS2. The fraction of sp³-hybridized carbons (Fsp3) is 0.278. The van der Waals surface area contributed by atoms with Crippen molar-refractivity contribution < 1.29 is 13.6 Å². The number of carbonyl (C=O) groups excluding carboxylic acids is 1. The molecular weight excluding hydrogens is 456 g/mol. The summed E-state index contributed by atoms with van der Waals surface area (Å²) >= 11 is 6.07. The van der Waals surface area contributed by atoms with Gasteiger partial charge in [-0.2, -0.15) is 0 Å². The molecule has 2 heterocycles. The first kappa shape index (κ1) is 18.8. The second-order valence-electron chi connectivity index (χ2n) is 6.15. The molecule has 3 aromatic rings. The van der Waals surface area contributed by atoms with E-state index in [9.17, 15) is 13.6 Å². The number of anilines is 1. The zero-order valence-corrected chi connectivity index (χ0v) is 17.2. The van der Waals surface area contributed by atoms with E-state index in [0.717, 1.165) is 46.6 Å². The van der Waals surface area contributed by atoms with E-state index in [4.69, 9.17) is 0 Å². The van der Waals surface area contributed by atoms with Gasteiger partial charge in [0.2, 0.25) is 5.91 Å². The Balaban J connectivity index is 1.52. The quantitative estimate of drug-likeness (QED) is 0.413. The molecule has 0 aliphatic heterocycles. The number of hydrogen-bond acceptors (Lipinski definition) is 5. The average Bonchev–Trinajstić information content (AvgIpc) is 3.02. The number of rotatable bonds is 4. The Bertz CT molecular complexity index is 1020. The van der Waals surface area contributed by atoms with Gasteiger partial charge in [-0.15, -0.1) is 11.3 Å². The van der Waals surface area contributed by atoms with Crippen molar-refractivity contribution in [1.82, 2.24) is 9.97 Å². The molecule has 1 amide bonds. The molecule has 0 saturated heterocycles. The third kappa shape index (κ3) is 3.86. The SMILES string of the molecule is O=C(CSc1ncnc2sc3c(c12)CCCC3)Nc1c(F)cc(F)cc1Br. The van der Waals surface area contributed by atoms with Crippen molar-refractivity contribution >= 4 is 60.8 Å². The van der Waals surface area contributed by atoms with E-state index in [2.05, 4.69) is 31.2 Å². The minimum absolute atomic E-state index is 0.0669. The Hall–Kier alpha value is -1.58. The molecule has 4 nitrogen and oxygen atoms in total. The van der Waals surface area contributed by atoms with Crippen molar-refractivity contribution in [3.63, 3.8) is 0 Å². The van der Waals surface area contributed by atoms with E-state index in [1.165, 1.54) is 35.0 Å². The summed E-state index contributed by atoms with van der Waals surface area (Å²) in [5.41, 5.74) is 1.24. The summed E-state index contributed by atoms with van der Waals surface area (Å²) in [4.78, 5) is 23.3. The summed E-state index contributed by atoms with van der Waals surface area (Å²) < 4.78 is 27.2. The first-order valence-corrected chi connectivity index (χ1v) is 10.9. The van der Waals surface area contributed by atoms with Crippen molar-refractivity contribution in [2.75, 3.05) is 11.1 Å². The Morgan fingerprint density at radius 2 is 2.07 bits per heavy atom. The molecule has 2 aromatic heterocycles. The summed E-state index contributed by atoms with van der Waals surface area (Å²) in [5, 5.41) is 4.31. The standard InChI is InChI=1S/C18H14BrF2N3OS2/c19-11-5-9(20)6-12(21)16(11)24-14(25)7-26-17-15-10-3-1-2-4-13(10)27-18(15)23-8-22-17/h5-6,8H,1-4,7H2,(H,24,25). The normalized spacial score (nSPS) is 13.6. The number of fused-ring (bicyclic) bond motifs is 3. The first-order chi connectivity index (χ1) is 13.0. The maximum Gasteiger partial charge on any atom is 0.234 e. The van der Waals surface area contributed by atoms with Gasteiger partial charge >= 0.3 is 0 Å². The summed E-state index contributed by atoms with van der Waals surface area (Å²) in [6.45, 7) is 0. The Morgan fingerprint density at radius 3 is 2.89 bits per heavy atom. The Labute approximate surface area is 170 Å². The monoisotopic (exact) mass is 469 g/mol. The smallest absolute Gasteiger partial charge is 0.234 e. The van der Waals surface area contributed by atoms with Crippen LogP contribution in [0.4, 0.5) is 14.5 Å². The molecule has 0 spiro atoms. The van der Waals surface area contributed by atoms with Crippen molar-refractivity contribution in [3.05, 3.63) is 45.0 Å². The zero-order chi connectivity index (χ0) is 19.0. The van der Waals surface area contributed by atoms with Gasteiger partial charge in [0.1, 0.15) is 22.0 Å². The van der Waals surface area contributed by atoms with Crippen LogP contribution in [0.1, 0.15) is 23.3 Å². The van der Waals surface area contributed by atoms with E-state index in [-0.39, 0.29) is 21.8 Å². The highest BCUT2D eigenvalue weighted by Crippen LogP contribution is 2.39. The highest BCUT2D eigenvalue weighted by molar-refractivity contribution is 9.10. The van der Waals surface area contributed by atoms with Gasteiger partial charge in [-0.3, -0.25) is 4.79 Å². The van der Waals surface area contributed by atoms with Gasteiger partial charge < -0.3 is 5.32 Å². The number of aromatic nitrogens is 2. The minimum Gasteiger partial charge on any atom is -0.322 e. The number of benzene rings is 1. The van der Waals surface area contributed by atoms with Gasteiger partial charge in [0.25, 0.3) is 0 Å². The third-order valence-electron chi connectivity index (χ3n) is 4.33. The van der Waals surface area contributed by atoms with Gasteiger partial charge in [-0.05, 0) is 53.2 Å². The van der Waals surface area contributed by atoms with Crippen LogP contribution in [0, 0.1) is 11.6 Å². The van der Waals surface area contributed by atoms with Crippen LogP contribution in [0.15, 0.2) is 28.0 Å². The molecule has 1 aliphatic carbocycles. The van der Waals surface area contributed by atoms with Crippen LogP contribution in [0.25, 0.3) is 10.2 Å². The summed E-state index contributed by atoms with van der Waals surface area (Å²) in [7, 11) is 0. The number of halogens is 3. The van der Waals surface area contributed by atoms with Crippen LogP contribution in [-0.4, -0.2) is 21.6 Å². The predicted molar refractivity (Wildman–Crippen MR) is 107 cm³/mol. The lowest BCUT2D eigenvalue weighted by Crippen LogP contribution is -2.16. The molecule has 140 valence electrons. The van der Waals surface area contributed by atoms with Gasteiger partial charge in [0, 0.05) is 20.8 Å². The summed E-state index contributed by atoms with van der Waals surface area (Å²) in [6.07, 6.45) is 5.93. The fourth-order valence-electron chi connectivity index (χ4n) is 3.14. The van der Waals surface area contributed by atoms with E-state index >= 15 is 0 Å². The van der Waals surface area contributed by atoms with Crippen molar-refractivity contribution in [2.45, 2.75) is 30.7 Å². The van der Waals surface area contributed by atoms with E-state index in [1.807, 2.05) is 0 Å². The second-order valence-corrected chi connectivity index (χ2v) is 9.05. The minimum atomic E-state index is -0.823. The number of amides is 1. The van der Waals surface area contributed by atoms with Crippen LogP contribution in [0.2, 0.25) is 0 Å². The molecule has 4 rings (SSSR count). The highest BCUT2D eigenvalue weighted by Gasteiger charge is 2.21. The number of thioether (sulfide) groups is 1. The molecule has 1 aliphatic rings. The molecule has 0 bridgehead atoms. The highest BCUT2D eigenvalue weighted by atomic mass is 79.9. The average molecular weight is 470 g/mol. The van der Waals surface area contributed by atoms with E-state index in [1.54, 1.807) is 11.3 Å². The number of thiophene rings is 1. The maximum absolute atomic E-state index is 13.9. The zero-order valence-electron chi connectivity index (χ0n) is 14.0. The molecule has 0 saturated carbocycles. The molecule has 27 heavy (non-hydrogen) atoms. The molecule has 1 aromatic carbocycles. The van der Waals surface area contributed by atoms with Gasteiger partial charge in [0.05, 0.1) is 11.4 Å². The van der Waals surface area contributed by atoms with Crippen LogP contribution < -0.4 is 5.32 Å². The van der Waals surface area contributed by atoms with Crippen LogP contribution >= 0.6 is 39.0 Å². The summed E-state index contributed by atoms with van der Waals surface area (Å²) in [5.74, 6) is -1.85. The van der Waals surface area contributed by atoms with Gasteiger partial charge in [0.15, 0.2) is 5.82 Å². The molecule has 0 radical (unpaired) electrons. The number of hydrogen-bond donors (Lipinski definition) is 1. The topological polar surface area (TPSA) is 54.9 Å². The number of nitrogens with one attached hydrogen (secondary N) is 1. The van der Waals surface area contributed by atoms with Gasteiger partial charge in [-0.1, -0.05) is 11.8 Å². The lowest BCUT2D eigenvalue weighted by atomic mass is 9.97. The number of carbonyl (C=O) groups is 1. The lowest BCUT2D eigenvalue weighted by molar-refractivity contribution is -0.113. The van der Waals surface area contributed by atoms with E-state index in [0.29, 0.717) is 0 Å². The third-order valence-corrected chi connectivity index (χ3v) is 7.14. The largest absolute Gasteiger partial charge is 0.322 e. The fourth-order valence-corrected chi connectivity index (χ4v) is 5.77. The Kier molecular flexibility index (Phi) is 5.43. The molecule has 0 fully saturated rings. The number of aryl methyl sites for hydroxylation is 2. The van der Waals surface area contributed by atoms with E-state index < -0.39 is 11.6 Å². The molecule has 0 unspecified atom stereocenters. The number of nitrogens with zero attached hydrogens (tertiary/aromatic N) is 2. The van der Waals surface area contributed by atoms with Crippen LogP contribution in [-0.2, 0) is 17.6 Å². The van der Waals surface area contributed by atoms with Crippen LogP contribution in [0.3, 0.4) is 0 Å². The maximum atomic E-state index is 13.9. The predicted octanol–water partition coefficient (Wildman–Crippen LogP) is 5.34. The van der Waals surface area contributed by atoms with Crippen molar-refractivity contribution in [3.8, 4) is 0 Å². The molecule has 9 heteroatoms. The van der Waals surface area contributed by atoms with Crippen molar-refractivity contribution in [2.24, 2.45) is 0 Å². The van der Waals surface area contributed by atoms with Crippen LogP contribution in [0.5, 0.6) is 0 Å². The lowest BCUT2D eigenvalue weighted by Gasteiger charge is -2.11. The van der Waals surface area contributed by atoms with Crippen molar-refractivity contribution in [1.29, 1.82) is 0 Å². The molecule has 0 atom stereocenters. The Morgan fingerprint density at radius 1 is 1.26 bits per heavy atom. The molecule has 1 N–H and O–H groups in total. The van der Waals surface area contributed by atoms with Gasteiger partial charge in [-0.25, -0.2) is 18.7 Å². The second kappa shape index (κ2) is 7.81.